The molecule has 2 atom stereocenters. The summed E-state index contributed by atoms with van der Waals surface area (Å²) in [6.07, 6.45) is 10.7. The van der Waals surface area contributed by atoms with Crippen LogP contribution in [0.2, 0.25) is 0 Å². The molecule has 2 aromatic rings. The van der Waals surface area contributed by atoms with Crippen molar-refractivity contribution >= 4 is 59.5 Å². The van der Waals surface area contributed by atoms with Gasteiger partial charge in [-0.25, -0.2) is 5.26 Å². The van der Waals surface area contributed by atoms with Crippen molar-refractivity contribution in [1.82, 2.24) is 0 Å². The molecule has 5 aliphatic rings. The number of rotatable bonds is 11. The van der Waals surface area contributed by atoms with Crippen molar-refractivity contribution < 1.29 is 53.1 Å². The zero-order chi connectivity index (χ0) is 37.4. The number of fused-ring (bicyclic) bond motifs is 6. The van der Waals surface area contributed by atoms with Gasteiger partial charge >= 0.3 is 0 Å². The minimum atomic E-state index is -4.48. The Morgan fingerprint density at radius 1 is 0.865 bits per heavy atom. The van der Waals surface area contributed by atoms with E-state index >= 15 is 0 Å². The summed E-state index contributed by atoms with van der Waals surface area (Å²) in [6, 6.07) is 9.90. The van der Waals surface area contributed by atoms with Crippen LogP contribution in [0.4, 0.5) is 11.4 Å². The molecule has 7 rings (SSSR count). The number of nitrogens with zero attached hydrogens (tertiary/aromatic N) is 2. The quantitative estimate of drug-likeness (QED) is 0.0706. The molecule has 1 saturated carbocycles. The average Bonchev–Trinajstić information content (AvgIpc) is 3.82. The SMILES string of the molecule is CC12CCC(C=C3C=C(C=C4CCC5(C)C4=[N+](CCS(=O)(=O)O)c4ccc(SOO)cc45)CC3)=C1N(CCS(=O)(=O)O)c1ccc(S(=O)(=O)O)cc12. The Balaban J connectivity index is 1.25. The van der Waals surface area contributed by atoms with E-state index in [9.17, 15) is 38.9 Å². The molecule has 52 heavy (non-hydrogen) atoms. The van der Waals surface area contributed by atoms with Crippen LogP contribution in [-0.4, -0.2) is 79.1 Å². The molecule has 0 radical (unpaired) electrons. The molecule has 3 aliphatic carbocycles. The van der Waals surface area contributed by atoms with E-state index in [-0.39, 0.29) is 18.0 Å². The van der Waals surface area contributed by atoms with E-state index in [4.69, 9.17) is 5.26 Å². The van der Waals surface area contributed by atoms with E-state index in [2.05, 4.69) is 29.5 Å². The summed E-state index contributed by atoms with van der Waals surface area (Å²) in [4.78, 5) is 2.29. The third-order valence-corrected chi connectivity index (χ3v) is 13.8. The highest BCUT2D eigenvalue weighted by molar-refractivity contribution is 7.94. The predicted molar refractivity (Wildman–Crippen MR) is 196 cm³/mol. The first-order valence-corrected chi connectivity index (χ1v) is 22.1. The van der Waals surface area contributed by atoms with E-state index in [0.29, 0.717) is 29.0 Å². The van der Waals surface area contributed by atoms with E-state index in [0.717, 1.165) is 82.7 Å². The van der Waals surface area contributed by atoms with Crippen LogP contribution in [0.5, 0.6) is 0 Å². The summed E-state index contributed by atoms with van der Waals surface area (Å²) in [5.74, 6) is -0.963. The summed E-state index contributed by atoms with van der Waals surface area (Å²) in [5.41, 5.74) is 8.08. The standard InChI is InChI=1S/C35H38N2O11S4/c1-34-11-9-24(32(34)36(13-15-50(39,40)41)30-7-5-26(49-48-38)20-28(30)34)18-22-3-4-23(17-22)19-25-10-12-35(2)29-21-27(52(45,46)47)6-8-31(29)37(33(25)35)14-16-51(42,43)44/h5-8,17-21H,3-4,9-16H2,1-2H3,(H3-,38,39,40,41,42,43,44,45,46,47)/p+1. The molecular weight excluding hydrogens is 753 g/mol. The van der Waals surface area contributed by atoms with Gasteiger partial charge in [0.05, 0.1) is 28.1 Å². The highest BCUT2D eigenvalue weighted by Crippen LogP contribution is 2.57. The van der Waals surface area contributed by atoms with E-state index in [1.807, 2.05) is 28.5 Å². The monoisotopic (exact) mass is 791 g/mol. The van der Waals surface area contributed by atoms with Gasteiger partial charge in [0.15, 0.2) is 12.3 Å². The van der Waals surface area contributed by atoms with Gasteiger partial charge in [0.2, 0.25) is 5.69 Å². The molecule has 0 aromatic heterocycles. The molecule has 2 heterocycles. The van der Waals surface area contributed by atoms with Crippen LogP contribution < -0.4 is 4.90 Å². The summed E-state index contributed by atoms with van der Waals surface area (Å²) < 4.78 is 107. The van der Waals surface area contributed by atoms with Crippen molar-refractivity contribution in [2.24, 2.45) is 0 Å². The second kappa shape index (κ2) is 13.0. The van der Waals surface area contributed by atoms with Crippen molar-refractivity contribution in [3.8, 4) is 0 Å². The molecule has 4 N–H and O–H groups in total. The van der Waals surface area contributed by atoms with Crippen molar-refractivity contribution in [1.29, 1.82) is 0 Å². The van der Waals surface area contributed by atoms with Gasteiger partial charge in [-0.05, 0) is 111 Å². The topological polar surface area (TPSA) is 199 Å². The zero-order valence-electron chi connectivity index (χ0n) is 28.4. The van der Waals surface area contributed by atoms with Crippen LogP contribution in [0.15, 0.2) is 92.4 Å². The van der Waals surface area contributed by atoms with E-state index < -0.39 is 52.7 Å². The second-order valence-electron chi connectivity index (χ2n) is 14.4. The molecule has 1 fully saturated rings. The number of hydrogen-bond acceptors (Lipinski definition) is 10. The van der Waals surface area contributed by atoms with Crippen molar-refractivity contribution in [2.45, 2.75) is 73.0 Å². The normalized spacial score (nSPS) is 25.7. The Morgan fingerprint density at radius 3 is 2.29 bits per heavy atom. The predicted octanol–water partition coefficient (Wildman–Crippen LogP) is 5.75. The largest absolute Gasteiger partial charge is 0.343 e. The first-order valence-electron chi connectivity index (χ1n) is 16.7. The minimum absolute atomic E-state index is 0.0388. The Kier molecular flexibility index (Phi) is 9.31. The van der Waals surface area contributed by atoms with E-state index in [1.165, 1.54) is 12.1 Å². The fourth-order valence-corrected chi connectivity index (χ4v) is 10.5. The molecule has 2 unspecified atom stereocenters. The fourth-order valence-electron chi connectivity index (χ4n) is 8.81. The lowest BCUT2D eigenvalue weighted by molar-refractivity contribution is -0.432. The molecule has 2 aliphatic heterocycles. The lowest BCUT2D eigenvalue weighted by Crippen LogP contribution is -2.30. The third-order valence-electron chi connectivity index (χ3n) is 11.1. The van der Waals surface area contributed by atoms with Gasteiger partial charge in [0.1, 0.15) is 5.75 Å². The Hall–Kier alpha value is -3.13. The highest BCUT2D eigenvalue weighted by Gasteiger charge is 2.54. The molecule has 278 valence electrons. The van der Waals surface area contributed by atoms with Gasteiger partial charge in [-0.15, -0.1) is 0 Å². The van der Waals surface area contributed by atoms with Gasteiger partial charge in [-0.3, -0.25) is 13.7 Å². The number of anilines is 1. The van der Waals surface area contributed by atoms with Gasteiger partial charge in [0, 0.05) is 45.4 Å². The first kappa shape index (κ1) is 37.2. The molecule has 0 saturated heterocycles. The van der Waals surface area contributed by atoms with Gasteiger partial charge in [-0.2, -0.15) is 34.2 Å². The smallest absolute Gasteiger partial charge is 0.294 e. The minimum Gasteiger partial charge on any atom is -0.343 e. The fraction of sp³-hybridized carbons (Fsp3) is 0.400. The summed E-state index contributed by atoms with van der Waals surface area (Å²) in [6.45, 7) is 4.13. The summed E-state index contributed by atoms with van der Waals surface area (Å²) in [5, 5.41) is 9.03. The lowest BCUT2D eigenvalue weighted by Gasteiger charge is -2.26. The maximum absolute atomic E-state index is 12.0. The second-order valence-corrected chi connectivity index (χ2v) is 19.7. The van der Waals surface area contributed by atoms with Crippen molar-refractivity contribution in [3.05, 3.63) is 93.7 Å². The Morgan fingerprint density at radius 2 is 1.60 bits per heavy atom. The maximum Gasteiger partial charge on any atom is 0.294 e. The molecule has 0 amide bonds. The molecule has 13 nitrogen and oxygen atoms in total. The third kappa shape index (κ3) is 6.75. The van der Waals surface area contributed by atoms with E-state index in [1.54, 1.807) is 12.1 Å². The first-order chi connectivity index (χ1) is 24.3. The zero-order valence-corrected chi connectivity index (χ0v) is 31.7. The van der Waals surface area contributed by atoms with Crippen LogP contribution in [-0.2, 0) is 45.5 Å². The molecule has 17 heteroatoms. The Labute approximate surface area is 307 Å². The van der Waals surface area contributed by atoms with Crippen LogP contribution >= 0.6 is 12.0 Å². The Bertz CT molecular complexity index is 2400. The van der Waals surface area contributed by atoms with Gasteiger partial charge < -0.3 is 4.90 Å². The number of benzene rings is 2. The van der Waals surface area contributed by atoms with Crippen LogP contribution in [0.1, 0.15) is 63.5 Å². The molecular formula is C35H39N2O11S4+. The summed E-state index contributed by atoms with van der Waals surface area (Å²) >= 11 is 0.823. The summed E-state index contributed by atoms with van der Waals surface area (Å²) in [7, 11) is -13.0. The molecule has 2 aromatic carbocycles. The molecule has 0 spiro atoms. The maximum atomic E-state index is 12.0. The number of hydrogen-bond donors (Lipinski definition) is 4. The molecule has 0 bridgehead atoms. The highest BCUT2D eigenvalue weighted by atomic mass is 32.2. The van der Waals surface area contributed by atoms with Crippen LogP contribution in [0.25, 0.3) is 0 Å². The van der Waals surface area contributed by atoms with Gasteiger partial charge in [-0.1, -0.05) is 12.2 Å². The van der Waals surface area contributed by atoms with Crippen molar-refractivity contribution in [3.63, 3.8) is 0 Å². The van der Waals surface area contributed by atoms with Crippen molar-refractivity contribution in [2.75, 3.05) is 29.5 Å². The van der Waals surface area contributed by atoms with Gasteiger partial charge in [0.25, 0.3) is 30.4 Å². The average molecular weight is 792 g/mol. The van der Waals surface area contributed by atoms with Crippen LogP contribution in [0, 0.1) is 0 Å². The van der Waals surface area contributed by atoms with Crippen LogP contribution in [0.3, 0.4) is 0 Å². The lowest BCUT2D eigenvalue weighted by atomic mass is 9.80. The number of allylic oxidation sites excluding steroid dienone is 8.